The van der Waals surface area contributed by atoms with Gasteiger partial charge >= 0.3 is 5.97 Å². The van der Waals surface area contributed by atoms with Crippen molar-refractivity contribution in [3.63, 3.8) is 0 Å². The summed E-state index contributed by atoms with van der Waals surface area (Å²) in [5.74, 6) is -0.145. The van der Waals surface area contributed by atoms with Crippen LogP contribution in [0.15, 0.2) is 6.07 Å². The molecule has 1 atom stereocenters. The summed E-state index contributed by atoms with van der Waals surface area (Å²) in [5.41, 5.74) is 4.05. The van der Waals surface area contributed by atoms with Gasteiger partial charge in [-0.2, -0.15) is 5.10 Å². The van der Waals surface area contributed by atoms with Gasteiger partial charge in [0.1, 0.15) is 5.69 Å². The normalized spacial score (nSPS) is 17.8. The summed E-state index contributed by atoms with van der Waals surface area (Å²) in [6, 6.07) is 2.03. The second-order valence-electron chi connectivity index (χ2n) is 5.65. The summed E-state index contributed by atoms with van der Waals surface area (Å²) in [7, 11) is 2.00. The number of hydrogen-bond donors (Lipinski definition) is 1. The molecule has 0 saturated carbocycles. The monoisotopic (exact) mass is 288 g/mol. The van der Waals surface area contributed by atoms with Crippen LogP contribution in [0.1, 0.15) is 30.4 Å². The fourth-order valence-electron chi connectivity index (χ4n) is 3.12. The number of aliphatic carboxylic acids is 1. The summed E-state index contributed by atoms with van der Waals surface area (Å²) >= 11 is 0. The van der Waals surface area contributed by atoms with E-state index in [4.69, 9.17) is 4.98 Å². The Labute approximate surface area is 123 Å². The van der Waals surface area contributed by atoms with Crippen molar-refractivity contribution in [2.75, 3.05) is 0 Å². The van der Waals surface area contributed by atoms with Gasteiger partial charge in [-0.05, 0) is 32.8 Å². The first-order valence-corrected chi connectivity index (χ1v) is 7.33. The van der Waals surface area contributed by atoms with Gasteiger partial charge in [-0.1, -0.05) is 0 Å². The summed E-state index contributed by atoms with van der Waals surface area (Å²) in [6.45, 7) is 4.82. The standard InChI is InChI=1S/C15H20N4O2/c1-4-19-13(7-9(2)17-19)14-16-11-8-10(15(20)21)5-6-12(11)18(14)3/h7,10H,4-6,8H2,1-3H3,(H,20,21). The lowest BCUT2D eigenvalue weighted by Crippen LogP contribution is -2.22. The van der Waals surface area contributed by atoms with Crippen LogP contribution >= 0.6 is 0 Å². The highest BCUT2D eigenvalue weighted by Crippen LogP contribution is 2.30. The van der Waals surface area contributed by atoms with Crippen LogP contribution in [0.4, 0.5) is 0 Å². The lowest BCUT2D eigenvalue weighted by Gasteiger charge is -2.18. The zero-order valence-corrected chi connectivity index (χ0v) is 12.6. The van der Waals surface area contributed by atoms with E-state index in [1.54, 1.807) is 0 Å². The molecular formula is C15H20N4O2. The van der Waals surface area contributed by atoms with E-state index in [2.05, 4.69) is 16.6 Å². The van der Waals surface area contributed by atoms with Gasteiger partial charge in [-0.15, -0.1) is 0 Å². The molecule has 0 aliphatic heterocycles. The van der Waals surface area contributed by atoms with Crippen LogP contribution in [0.3, 0.4) is 0 Å². The number of carboxylic acids is 1. The highest BCUT2D eigenvalue weighted by Gasteiger charge is 2.29. The number of rotatable bonds is 3. The molecule has 6 nitrogen and oxygen atoms in total. The molecule has 3 rings (SSSR count). The third kappa shape index (κ3) is 2.24. The van der Waals surface area contributed by atoms with Crippen molar-refractivity contribution in [1.29, 1.82) is 0 Å². The molecule has 2 aromatic heterocycles. The second-order valence-corrected chi connectivity index (χ2v) is 5.65. The Morgan fingerprint density at radius 3 is 2.95 bits per heavy atom. The zero-order valence-electron chi connectivity index (χ0n) is 12.6. The van der Waals surface area contributed by atoms with Gasteiger partial charge in [-0.3, -0.25) is 9.48 Å². The van der Waals surface area contributed by atoms with Crippen molar-refractivity contribution >= 4 is 5.97 Å². The van der Waals surface area contributed by atoms with Crippen molar-refractivity contribution in [3.8, 4) is 11.5 Å². The average molecular weight is 288 g/mol. The molecule has 0 radical (unpaired) electrons. The number of carbonyl (C=O) groups is 1. The van der Waals surface area contributed by atoms with Gasteiger partial charge in [0.2, 0.25) is 0 Å². The number of carboxylic acid groups (broad SMARTS) is 1. The Morgan fingerprint density at radius 1 is 1.52 bits per heavy atom. The minimum Gasteiger partial charge on any atom is -0.481 e. The van der Waals surface area contributed by atoms with Gasteiger partial charge in [0.25, 0.3) is 0 Å². The molecule has 21 heavy (non-hydrogen) atoms. The third-order valence-corrected chi connectivity index (χ3v) is 4.25. The molecule has 1 aliphatic rings. The molecule has 0 bridgehead atoms. The van der Waals surface area contributed by atoms with E-state index < -0.39 is 5.97 Å². The lowest BCUT2D eigenvalue weighted by molar-refractivity contribution is -0.142. The minimum atomic E-state index is -0.720. The summed E-state index contributed by atoms with van der Waals surface area (Å²) in [5, 5.41) is 13.7. The SMILES string of the molecule is CCn1nc(C)cc1-c1nc2c(n1C)CCC(C(=O)O)C2. The van der Waals surface area contributed by atoms with Gasteiger partial charge in [0.05, 0.1) is 17.3 Å². The van der Waals surface area contributed by atoms with Crippen molar-refractivity contribution in [3.05, 3.63) is 23.1 Å². The quantitative estimate of drug-likeness (QED) is 0.934. The van der Waals surface area contributed by atoms with Crippen LogP contribution in [-0.4, -0.2) is 30.4 Å². The number of aryl methyl sites for hydroxylation is 2. The van der Waals surface area contributed by atoms with Crippen molar-refractivity contribution in [1.82, 2.24) is 19.3 Å². The molecule has 1 aliphatic carbocycles. The van der Waals surface area contributed by atoms with E-state index in [1.807, 2.05) is 24.7 Å². The Balaban J connectivity index is 2.04. The Hall–Kier alpha value is -2.11. The molecule has 0 spiro atoms. The fourth-order valence-corrected chi connectivity index (χ4v) is 3.12. The number of fused-ring (bicyclic) bond motifs is 1. The van der Waals surface area contributed by atoms with E-state index in [1.165, 1.54) is 0 Å². The van der Waals surface area contributed by atoms with Crippen molar-refractivity contribution in [2.24, 2.45) is 13.0 Å². The van der Waals surface area contributed by atoms with Crippen molar-refractivity contribution < 1.29 is 9.90 Å². The highest BCUT2D eigenvalue weighted by atomic mass is 16.4. The second kappa shape index (κ2) is 5.02. The van der Waals surface area contributed by atoms with Crippen molar-refractivity contribution in [2.45, 2.75) is 39.7 Å². The van der Waals surface area contributed by atoms with E-state index in [9.17, 15) is 9.90 Å². The molecule has 1 unspecified atom stereocenters. The number of hydrogen-bond acceptors (Lipinski definition) is 3. The molecule has 0 amide bonds. The van der Waals surface area contributed by atoms with Crippen LogP contribution in [0, 0.1) is 12.8 Å². The minimum absolute atomic E-state index is 0.307. The Morgan fingerprint density at radius 2 is 2.29 bits per heavy atom. The number of nitrogens with zero attached hydrogens (tertiary/aromatic N) is 4. The molecule has 112 valence electrons. The summed E-state index contributed by atoms with van der Waals surface area (Å²) in [6.07, 6.45) is 1.99. The first-order valence-electron chi connectivity index (χ1n) is 7.33. The van der Waals surface area contributed by atoms with E-state index in [0.717, 1.165) is 41.6 Å². The molecular weight excluding hydrogens is 268 g/mol. The maximum atomic E-state index is 11.2. The largest absolute Gasteiger partial charge is 0.481 e. The average Bonchev–Trinajstić information content (AvgIpc) is 2.98. The van der Waals surface area contributed by atoms with Crippen LogP contribution in [0.25, 0.3) is 11.5 Å². The maximum Gasteiger partial charge on any atom is 0.306 e. The molecule has 2 heterocycles. The Bertz CT molecular complexity index is 699. The van der Waals surface area contributed by atoms with Crippen LogP contribution < -0.4 is 0 Å². The fraction of sp³-hybridized carbons (Fsp3) is 0.533. The topological polar surface area (TPSA) is 72.9 Å². The first-order chi connectivity index (χ1) is 10.0. The highest BCUT2D eigenvalue weighted by molar-refractivity contribution is 5.71. The summed E-state index contributed by atoms with van der Waals surface area (Å²) in [4.78, 5) is 15.9. The van der Waals surface area contributed by atoms with Gasteiger partial charge < -0.3 is 9.67 Å². The number of aromatic nitrogens is 4. The molecule has 0 aromatic carbocycles. The first kappa shape index (κ1) is 13.9. The molecule has 0 fully saturated rings. The van der Waals surface area contributed by atoms with E-state index >= 15 is 0 Å². The van der Waals surface area contributed by atoms with Crippen LogP contribution in [0.5, 0.6) is 0 Å². The maximum absolute atomic E-state index is 11.2. The predicted octanol–water partition coefficient (Wildman–Crippen LogP) is 1.80. The number of imidazole rings is 1. The smallest absolute Gasteiger partial charge is 0.306 e. The lowest BCUT2D eigenvalue weighted by atomic mass is 9.90. The van der Waals surface area contributed by atoms with Gasteiger partial charge in [0, 0.05) is 25.7 Å². The molecule has 0 saturated heterocycles. The van der Waals surface area contributed by atoms with Crippen LogP contribution in [0.2, 0.25) is 0 Å². The molecule has 1 N–H and O–H groups in total. The third-order valence-electron chi connectivity index (χ3n) is 4.25. The molecule has 6 heteroatoms. The zero-order chi connectivity index (χ0) is 15.1. The van der Waals surface area contributed by atoms with Gasteiger partial charge in [-0.25, -0.2) is 4.98 Å². The van der Waals surface area contributed by atoms with Gasteiger partial charge in [0.15, 0.2) is 5.82 Å². The van der Waals surface area contributed by atoms with E-state index in [0.29, 0.717) is 12.8 Å². The van der Waals surface area contributed by atoms with Crippen LogP contribution in [-0.2, 0) is 31.2 Å². The predicted molar refractivity (Wildman–Crippen MR) is 78.0 cm³/mol. The Kier molecular flexibility index (Phi) is 3.31. The summed E-state index contributed by atoms with van der Waals surface area (Å²) < 4.78 is 4.04. The van der Waals surface area contributed by atoms with E-state index in [-0.39, 0.29) is 5.92 Å². The molecule has 2 aromatic rings.